The quantitative estimate of drug-likeness (QED) is 0.427. The Bertz CT molecular complexity index is 987. The first kappa shape index (κ1) is 23.2. The molecule has 2 atom stereocenters. The van der Waals surface area contributed by atoms with E-state index in [1.807, 2.05) is 72.8 Å². The number of aliphatic carboxylic acids is 1. The summed E-state index contributed by atoms with van der Waals surface area (Å²) in [4.78, 5) is 23.7. The van der Waals surface area contributed by atoms with Gasteiger partial charge in [-0.1, -0.05) is 84.9 Å². The molecule has 3 rings (SSSR count). The summed E-state index contributed by atoms with van der Waals surface area (Å²) < 4.78 is 0. The van der Waals surface area contributed by atoms with E-state index in [0.29, 0.717) is 12.8 Å². The number of carboxylic acid groups (broad SMARTS) is 1. The second-order valence-electron chi connectivity index (χ2n) is 7.91. The third-order valence-corrected chi connectivity index (χ3v) is 5.56. The van der Waals surface area contributed by atoms with Crippen LogP contribution in [0.4, 0.5) is 0 Å². The standard InChI is InChI=1S/C27H29NO4/c29-25(16-13-20-11-14-23(15-12-20)22-9-5-2-6-10-22)24(27(31)32)17-18-28-26(30)19-21-7-3-1-4-8-21/h1-12,14-15,24-25,29H,13,16-19H2,(H,28,30)(H,31,32). The lowest BCUT2D eigenvalue weighted by molar-refractivity contribution is -0.146. The van der Waals surface area contributed by atoms with Gasteiger partial charge in [0.2, 0.25) is 5.91 Å². The van der Waals surface area contributed by atoms with Crippen LogP contribution in [0.25, 0.3) is 11.1 Å². The number of amides is 1. The molecule has 0 spiro atoms. The number of hydrogen-bond acceptors (Lipinski definition) is 3. The Hall–Kier alpha value is -3.44. The molecule has 3 aromatic rings. The zero-order chi connectivity index (χ0) is 22.8. The van der Waals surface area contributed by atoms with Crippen molar-refractivity contribution in [3.8, 4) is 11.1 Å². The maximum absolute atomic E-state index is 12.1. The van der Waals surface area contributed by atoms with Crippen molar-refractivity contribution in [3.05, 3.63) is 96.1 Å². The van der Waals surface area contributed by atoms with Crippen molar-refractivity contribution in [1.29, 1.82) is 0 Å². The van der Waals surface area contributed by atoms with Gasteiger partial charge in [-0.05, 0) is 41.5 Å². The Morgan fingerprint density at radius 1 is 0.750 bits per heavy atom. The number of hydrogen-bond donors (Lipinski definition) is 3. The van der Waals surface area contributed by atoms with E-state index in [9.17, 15) is 19.8 Å². The van der Waals surface area contributed by atoms with Crippen LogP contribution in [0.15, 0.2) is 84.9 Å². The minimum absolute atomic E-state index is 0.159. The third kappa shape index (κ3) is 7.06. The number of aryl methyl sites for hydroxylation is 1. The fourth-order valence-corrected chi connectivity index (χ4v) is 3.70. The van der Waals surface area contributed by atoms with E-state index >= 15 is 0 Å². The van der Waals surface area contributed by atoms with Crippen LogP contribution < -0.4 is 5.32 Å². The largest absolute Gasteiger partial charge is 0.481 e. The maximum Gasteiger partial charge on any atom is 0.309 e. The van der Waals surface area contributed by atoms with E-state index in [-0.39, 0.29) is 25.3 Å². The van der Waals surface area contributed by atoms with Crippen molar-refractivity contribution < 1.29 is 19.8 Å². The van der Waals surface area contributed by atoms with Gasteiger partial charge in [-0.15, -0.1) is 0 Å². The molecule has 0 aliphatic rings. The average molecular weight is 432 g/mol. The predicted molar refractivity (Wildman–Crippen MR) is 125 cm³/mol. The number of aliphatic hydroxyl groups excluding tert-OH is 1. The van der Waals surface area contributed by atoms with Crippen LogP contribution in [0.3, 0.4) is 0 Å². The van der Waals surface area contributed by atoms with Gasteiger partial charge in [0, 0.05) is 6.54 Å². The van der Waals surface area contributed by atoms with Crippen LogP contribution in [-0.2, 0) is 22.4 Å². The summed E-state index contributed by atoms with van der Waals surface area (Å²) in [5.41, 5.74) is 4.20. The first-order chi connectivity index (χ1) is 15.5. The van der Waals surface area contributed by atoms with Gasteiger partial charge in [0.05, 0.1) is 18.4 Å². The molecule has 0 aliphatic heterocycles. The number of rotatable bonds is 11. The molecule has 3 N–H and O–H groups in total. The Morgan fingerprint density at radius 2 is 1.34 bits per heavy atom. The summed E-state index contributed by atoms with van der Waals surface area (Å²) in [7, 11) is 0. The normalized spacial score (nSPS) is 12.7. The molecule has 0 saturated heterocycles. The van der Waals surface area contributed by atoms with Gasteiger partial charge in [0.1, 0.15) is 0 Å². The Kier molecular flexibility index (Phi) is 8.58. The highest BCUT2D eigenvalue weighted by molar-refractivity contribution is 5.78. The third-order valence-electron chi connectivity index (χ3n) is 5.56. The minimum atomic E-state index is -1.05. The van der Waals surface area contributed by atoms with Gasteiger partial charge in [0.25, 0.3) is 0 Å². The van der Waals surface area contributed by atoms with E-state index in [0.717, 1.165) is 22.3 Å². The zero-order valence-electron chi connectivity index (χ0n) is 18.0. The second kappa shape index (κ2) is 11.8. The van der Waals surface area contributed by atoms with Crippen LogP contribution in [0.2, 0.25) is 0 Å². The highest BCUT2D eigenvalue weighted by Crippen LogP contribution is 2.21. The molecule has 0 radical (unpaired) electrons. The van der Waals surface area contributed by atoms with Gasteiger partial charge in [-0.25, -0.2) is 0 Å². The lowest BCUT2D eigenvalue weighted by Gasteiger charge is -2.19. The van der Waals surface area contributed by atoms with Crippen LogP contribution in [0, 0.1) is 5.92 Å². The molecule has 0 fully saturated rings. The summed E-state index contributed by atoms with van der Waals surface area (Å²) in [5, 5.41) is 22.8. The van der Waals surface area contributed by atoms with Crippen LogP contribution >= 0.6 is 0 Å². The first-order valence-corrected chi connectivity index (χ1v) is 10.9. The zero-order valence-corrected chi connectivity index (χ0v) is 18.0. The highest BCUT2D eigenvalue weighted by Gasteiger charge is 2.26. The molecule has 5 nitrogen and oxygen atoms in total. The molecule has 5 heteroatoms. The molecule has 3 aromatic carbocycles. The maximum atomic E-state index is 12.1. The first-order valence-electron chi connectivity index (χ1n) is 10.9. The van der Waals surface area contributed by atoms with Gasteiger partial charge in [-0.3, -0.25) is 9.59 Å². The lowest BCUT2D eigenvalue weighted by atomic mass is 9.93. The molecular formula is C27H29NO4. The number of aliphatic hydroxyl groups is 1. The monoisotopic (exact) mass is 431 g/mol. The van der Waals surface area contributed by atoms with Crippen molar-refractivity contribution >= 4 is 11.9 Å². The van der Waals surface area contributed by atoms with Crippen molar-refractivity contribution in [1.82, 2.24) is 5.32 Å². The number of benzene rings is 3. The topological polar surface area (TPSA) is 86.6 Å². The molecule has 1 amide bonds. The second-order valence-corrected chi connectivity index (χ2v) is 7.91. The van der Waals surface area contributed by atoms with Crippen molar-refractivity contribution in [2.75, 3.05) is 6.54 Å². The molecule has 0 bridgehead atoms. The lowest BCUT2D eigenvalue weighted by Crippen LogP contribution is -2.34. The summed E-state index contributed by atoms with van der Waals surface area (Å²) in [5.74, 6) is -2.13. The van der Waals surface area contributed by atoms with E-state index in [1.54, 1.807) is 0 Å². The summed E-state index contributed by atoms with van der Waals surface area (Å²) in [6.07, 6.45) is 0.386. The van der Waals surface area contributed by atoms with Crippen LogP contribution in [0.1, 0.15) is 24.0 Å². The van der Waals surface area contributed by atoms with Gasteiger partial charge in [-0.2, -0.15) is 0 Å². The molecule has 166 valence electrons. The smallest absolute Gasteiger partial charge is 0.309 e. The molecule has 0 aromatic heterocycles. The average Bonchev–Trinajstić information content (AvgIpc) is 2.81. The van der Waals surface area contributed by atoms with E-state index in [4.69, 9.17) is 0 Å². The van der Waals surface area contributed by atoms with Crippen LogP contribution in [-0.4, -0.2) is 34.7 Å². The van der Waals surface area contributed by atoms with Crippen molar-refractivity contribution in [2.24, 2.45) is 5.92 Å². The Balaban J connectivity index is 1.45. The van der Waals surface area contributed by atoms with Gasteiger partial charge in [0.15, 0.2) is 0 Å². The molecular weight excluding hydrogens is 402 g/mol. The SMILES string of the molecule is O=C(Cc1ccccc1)NCCC(C(=O)O)C(O)CCc1ccc(-c2ccccc2)cc1. The molecule has 0 saturated carbocycles. The van der Waals surface area contributed by atoms with Gasteiger partial charge < -0.3 is 15.5 Å². The summed E-state index contributed by atoms with van der Waals surface area (Å²) in [6, 6.07) is 27.5. The summed E-state index contributed by atoms with van der Waals surface area (Å²) in [6.45, 7) is 0.214. The Labute approximate surface area is 188 Å². The fraction of sp³-hybridized carbons (Fsp3) is 0.259. The molecule has 0 heterocycles. The number of carbonyl (C=O) groups excluding carboxylic acids is 1. The minimum Gasteiger partial charge on any atom is -0.481 e. The van der Waals surface area contributed by atoms with E-state index in [1.165, 1.54) is 0 Å². The Morgan fingerprint density at radius 3 is 1.97 bits per heavy atom. The van der Waals surface area contributed by atoms with E-state index < -0.39 is 18.0 Å². The highest BCUT2D eigenvalue weighted by atomic mass is 16.4. The predicted octanol–water partition coefficient (Wildman–Crippen LogP) is 4.10. The number of carboxylic acids is 1. The van der Waals surface area contributed by atoms with Crippen LogP contribution in [0.5, 0.6) is 0 Å². The number of carbonyl (C=O) groups is 2. The molecule has 32 heavy (non-hydrogen) atoms. The van der Waals surface area contributed by atoms with E-state index in [2.05, 4.69) is 17.4 Å². The number of nitrogens with one attached hydrogen (secondary N) is 1. The van der Waals surface area contributed by atoms with Crippen molar-refractivity contribution in [3.63, 3.8) is 0 Å². The molecule has 2 unspecified atom stereocenters. The summed E-state index contributed by atoms with van der Waals surface area (Å²) >= 11 is 0. The van der Waals surface area contributed by atoms with Crippen molar-refractivity contribution in [2.45, 2.75) is 31.8 Å². The fourth-order valence-electron chi connectivity index (χ4n) is 3.70. The van der Waals surface area contributed by atoms with Gasteiger partial charge >= 0.3 is 5.97 Å². The molecule has 0 aliphatic carbocycles.